The number of piperidine rings is 1. The van der Waals surface area contributed by atoms with Gasteiger partial charge in [0.25, 0.3) is 0 Å². The first-order chi connectivity index (χ1) is 8.32. The van der Waals surface area contributed by atoms with E-state index < -0.39 is 0 Å². The van der Waals surface area contributed by atoms with Gasteiger partial charge in [-0.25, -0.2) is 4.79 Å². The smallest absolute Gasteiger partial charge is 0.317 e. The molecule has 2 aliphatic heterocycles. The summed E-state index contributed by atoms with van der Waals surface area (Å²) in [4.78, 5) is 25.9. The molecule has 0 saturated carbocycles. The van der Waals surface area contributed by atoms with Crippen molar-refractivity contribution in [3.05, 3.63) is 0 Å². The molecule has 0 aromatic rings. The number of carbonyl (C=O) groups excluding carboxylic acids is 2. The number of nitrogens with one attached hydrogen (secondary N) is 2. The van der Waals surface area contributed by atoms with Crippen LogP contribution in [0.3, 0.4) is 0 Å². The highest BCUT2D eigenvalue weighted by Crippen LogP contribution is 2.37. The van der Waals surface area contributed by atoms with E-state index in [9.17, 15) is 9.59 Å². The van der Waals surface area contributed by atoms with Crippen LogP contribution in [0.25, 0.3) is 0 Å². The Kier molecular flexibility index (Phi) is 3.25. The molecule has 1 spiro atoms. The number of hydrogen-bond donors (Lipinski definition) is 2. The van der Waals surface area contributed by atoms with Crippen LogP contribution in [0.15, 0.2) is 0 Å². The van der Waals surface area contributed by atoms with Gasteiger partial charge in [0.1, 0.15) is 0 Å². The first kappa shape index (κ1) is 13.2. The number of nitrogens with zero attached hydrogens (tertiary/aromatic N) is 1. The van der Waals surface area contributed by atoms with E-state index in [2.05, 4.69) is 10.6 Å². The van der Waals surface area contributed by atoms with Crippen molar-refractivity contribution in [2.45, 2.75) is 45.6 Å². The molecule has 0 bridgehead atoms. The van der Waals surface area contributed by atoms with Crippen LogP contribution in [-0.2, 0) is 4.79 Å². The van der Waals surface area contributed by atoms with Gasteiger partial charge in [-0.05, 0) is 40.0 Å². The van der Waals surface area contributed by atoms with Crippen molar-refractivity contribution in [1.82, 2.24) is 15.5 Å². The second kappa shape index (κ2) is 4.44. The number of carbonyl (C=O) groups is 2. The zero-order chi connectivity index (χ0) is 13.4. The summed E-state index contributed by atoms with van der Waals surface area (Å²) in [5.41, 5.74) is -0.560. The highest BCUT2D eigenvalue weighted by Gasteiger charge is 2.47. The molecule has 2 heterocycles. The molecule has 2 N–H and O–H groups in total. The van der Waals surface area contributed by atoms with Gasteiger partial charge in [0, 0.05) is 25.2 Å². The third-order valence-corrected chi connectivity index (χ3v) is 3.72. The SMILES string of the molecule is CC(C)(C)NC(=O)N1CCC2(CCCNC2=O)C1. The van der Waals surface area contributed by atoms with E-state index in [1.165, 1.54) is 0 Å². The normalized spacial score (nSPS) is 28.4. The Morgan fingerprint density at radius 3 is 2.72 bits per heavy atom. The number of rotatable bonds is 0. The number of urea groups is 1. The first-order valence-electron chi connectivity index (χ1n) is 6.68. The van der Waals surface area contributed by atoms with Crippen LogP contribution in [0.5, 0.6) is 0 Å². The summed E-state index contributed by atoms with van der Waals surface area (Å²) in [6.45, 7) is 7.89. The topological polar surface area (TPSA) is 61.4 Å². The molecule has 2 rings (SSSR count). The Morgan fingerprint density at radius 2 is 2.11 bits per heavy atom. The van der Waals surface area contributed by atoms with E-state index >= 15 is 0 Å². The van der Waals surface area contributed by atoms with Gasteiger partial charge >= 0.3 is 6.03 Å². The van der Waals surface area contributed by atoms with E-state index in [0.717, 1.165) is 25.8 Å². The molecule has 1 atom stereocenters. The van der Waals surface area contributed by atoms with E-state index in [1.807, 2.05) is 20.8 Å². The summed E-state index contributed by atoms with van der Waals surface area (Å²) in [7, 11) is 0. The molecule has 1 unspecified atom stereocenters. The summed E-state index contributed by atoms with van der Waals surface area (Å²) < 4.78 is 0. The molecular formula is C13H23N3O2. The molecule has 0 aliphatic carbocycles. The second-order valence-corrected chi connectivity index (χ2v) is 6.49. The van der Waals surface area contributed by atoms with Crippen molar-refractivity contribution in [3.63, 3.8) is 0 Å². The van der Waals surface area contributed by atoms with Gasteiger partial charge in [0.15, 0.2) is 0 Å². The van der Waals surface area contributed by atoms with E-state index in [-0.39, 0.29) is 22.9 Å². The molecule has 5 nitrogen and oxygen atoms in total. The van der Waals surface area contributed by atoms with Crippen molar-refractivity contribution in [2.24, 2.45) is 5.41 Å². The molecule has 0 aromatic heterocycles. The van der Waals surface area contributed by atoms with Crippen LogP contribution >= 0.6 is 0 Å². The fourth-order valence-electron chi connectivity index (χ4n) is 2.76. The van der Waals surface area contributed by atoms with Crippen molar-refractivity contribution in [1.29, 1.82) is 0 Å². The monoisotopic (exact) mass is 253 g/mol. The Balaban J connectivity index is 1.99. The summed E-state index contributed by atoms with van der Waals surface area (Å²) in [5, 5.41) is 5.88. The number of amides is 3. The van der Waals surface area contributed by atoms with Crippen LogP contribution < -0.4 is 10.6 Å². The zero-order valence-corrected chi connectivity index (χ0v) is 11.5. The predicted molar refractivity (Wildman–Crippen MR) is 69.2 cm³/mol. The highest BCUT2D eigenvalue weighted by molar-refractivity contribution is 5.85. The van der Waals surface area contributed by atoms with Gasteiger partial charge in [-0.3, -0.25) is 4.79 Å². The zero-order valence-electron chi connectivity index (χ0n) is 11.5. The minimum atomic E-state index is -0.326. The van der Waals surface area contributed by atoms with Gasteiger partial charge in [-0.1, -0.05) is 0 Å². The summed E-state index contributed by atoms with van der Waals surface area (Å²) in [5.74, 6) is 0.125. The van der Waals surface area contributed by atoms with Crippen molar-refractivity contribution in [2.75, 3.05) is 19.6 Å². The summed E-state index contributed by atoms with van der Waals surface area (Å²) >= 11 is 0. The third kappa shape index (κ3) is 2.60. The van der Waals surface area contributed by atoms with Crippen molar-refractivity contribution < 1.29 is 9.59 Å². The van der Waals surface area contributed by atoms with Crippen LogP contribution in [0.1, 0.15) is 40.0 Å². The van der Waals surface area contributed by atoms with Gasteiger partial charge in [-0.2, -0.15) is 0 Å². The molecule has 0 radical (unpaired) electrons. The average Bonchev–Trinajstić information content (AvgIpc) is 2.66. The lowest BCUT2D eigenvalue weighted by Crippen LogP contribution is -2.51. The molecule has 18 heavy (non-hydrogen) atoms. The summed E-state index contributed by atoms with van der Waals surface area (Å²) in [6, 6.07) is -0.0576. The lowest BCUT2D eigenvalue weighted by atomic mass is 9.79. The van der Waals surface area contributed by atoms with Gasteiger partial charge in [0.2, 0.25) is 5.91 Å². The Morgan fingerprint density at radius 1 is 1.39 bits per heavy atom. The number of likely N-dealkylation sites (tertiary alicyclic amines) is 1. The maximum atomic E-state index is 12.1. The molecular weight excluding hydrogens is 230 g/mol. The maximum absolute atomic E-state index is 12.1. The minimum Gasteiger partial charge on any atom is -0.356 e. The van der Waals surface area contributed by atoms with Gasteiger partial charge in [-0.15, -0.1) is 0 Å². The van der Waals surface area contributed by atoms with Gasteiger partial charge in [0.05, 0.1) is 5.41 Å². The largest absolute Gasteiger partial charge is 0.356 e. The lowest BCUT2D eigenvalue weighted by molar-refractivity contribution is -0.132. The van der Waals surface area contributed by atoms with Crippen molar-refractivity contribution in [3.8, 4) is 0 Å². The van der Waals surface area contributed by atoms with Crippen LogP contribution in [0.4, 0.5) is 4.79 Å². The predicted octanol–water partition coefficient (Wildman–Crippen LogP) is 1.10. The molecule has 2 aliphatic rings. The Hall–Kier alpha value is -1.26. The van der Waals surface area contributed by atoms with Crippen LogP contribution in [-0.4, -0.2) is 42.0 Å². The fraction of sp³-hybridized carbons (Fsp3) is 0.846. The van der Waals surface area contributed by atoms with E-state index in [4.69, 9.17) is 0 Å². The van der Waals surface area contributed by atoms with Crippen LogP contribution in [0, 0.1) is 5.41 Å². The van der Waals surface area contributed by atoms with E-state index in [1.54, 1.807) is 4.90 Å². The standard InChI is InChI=1S/C13H23N3O2/c1-12(2,3)15-11(18)16-8-6-13(9-16)5-4-7-14-10(13)17/h4-9H2,1-3H3,(H,14,17)(H,15,18). The quantitative estimate of drug-likeness (QED) is 0.679. The molecule has 2 fully saturated rings. The highest BCUT2D eigenvalue weighted by atomic mass is 16.2. The molecule has 2 saturated heterocycles. The van der Waals surface area contributed by atoms with E-state index in [0.29, 0.717) is 13.1 Å². The second-order valence-electron chi connectivity index (χ2n) is 6.49. The first-order valence-corrected chi connectivity index (χ1v) is 6.68. The average molecular weight is 253 g/mol. The molecule has 5 heteroatoms. The Labute approximate surface area is 108 Å². The fourth-order valence-corrected chi connectivity index (χ4v) is 2.76. The third-order valence-electron chi connectivity index (χ3n) is 3.72. The summed E-state index contributed by atoms with van der Waals surface area (Å²) in [6.07, 6.45) is 2.70. The maximum Gasteiger partial charge on any atom is 0.317 e. The lowest BCUT2D eigenvalue weighted by Gasteiger charge is -2.32. The molecule has 3 amide bonds. The Bertz CT molecular complexity index is 362. The molecule has 0 aromatic carbocycles. The minimum absolute atomic E-state index is 0.0576. The van der Waals surface area contributed by atoms with Crippen LogP contribution in [0.2, 0.25) is 0 Å². The van der Waals surface area contributed by atoms with Crippen molar-refractivity contribution >= 4 is 11.9 Å². The number of hydrogen-bond acceptors (Lipinski definition) is 2. The molecule has 102 valence electrons. The van der Waals surface area contributed by atoms with Gasteiger partial charge < -0.3 is 15.5 Å².